The summed E-state index contributed by atoms with van der Waals surface area (Å²) in [4.78, 5) is 17.1. The van der Waals surface area contributed by atoms with E-state index in [-0.39, 0.29) is 17.9 Å². The molecular weight excluding hydrogens is 381 g/mol. The average Bonchev–Trinajstić information content (AvgIpc) is 3.01. The van der Waals surface area contributed by atoms with Crippen LogP contribution in [0.3, 0.4) is 0 Å². The maximum absolute atomic E-state index is 13.0. The van der Waals surface area contributed by atoms with Gasteiger partial charge in [-0.3, -0.25) is 15.2 Å². The summed E-state index contributed by atoms with van der Waals surface area (Å²) in [6.45, 7) is 0.872. The molecule has 1 saturated carbocycles. The lowest BCUT2D eigenvalue weighted by molar-refractivity contribution is -0.122. The van der Waals surface area contributed by atoms with Crippen molar-refractivity contribution in [3.8, 4) is 0 Å². The first-order chi connectivity index (χ1) is 13.1. The van der Waals surface area contributed by atoms with E-state index in [1.807, 2.05) is 24.3 Å². The average molecular weight is 404 g/mol. The van der Waals surface area contributed by atoms with Gasteiger partial charge >= 0.3 is 0 Å². The summed E-state index contributed by atoms with van der Waals surface area (Å²) in [6, 6.07) is 9.37. The maximum atomic E-state index is 13.0. The molecule has 2 fully saturated rings. The van der Waals surface area contributed by atoms with Gasteiger partial charge in [-0.05, 0) is 54.2 Å². The van der Waals surface area contributed by atoms with Crippen LogP contribution < -0.4 is 5.43 Å². The highest BCUT2D eigenvalue weighted by Crippen LogP contribution is 2.42. The second-order valence-corrected chi connectivity index (χ2v) is 8.32. The fraction of sp³-hybridized carbons (Fsp3) is 0.429. The highest BCUT2D eigenvalue weighted by molar-refractivity contribution is 6.42. The number of rotatable bonds is 4. The lowest BCUT2D eigenvalue weighted by Crippen LogP contribution is -2.39. The quantitative estimate of drug-likeness (QED) is 0.768. The third kappa shape index (κ3) is 3.98. The number of benzene rings is 1. The molecule has 2 aromatic rings. The second kappa shape index (κ2) is 8.17. The van der Waals surface area contributed by atoms with Gasteiger partial charge in [-0.2, -0.15) is 0 Å². The number of amides is 1. The molecule has 6 heteroatoms. The lowest BCUT2D eigenvalue weighted by atomic mass is 9.86. The normalized spacial score (nSPS) is 24.1. The molecule has 1 aliphatic carbocycles. The van der Waals surface area contributed by atoms with Crippen LogP contribution in [0.15, 0.2) is 42.7 Å². The molecule has 27 heavy (non-hydrogen) atoms. The van der Waals surface area contributed by atoms with Crippen LogP contribution in [0.25, 0.3) is 0 Å². The Balaban J connectivity index is 1.68. The van der Waals surface area contributed by atoms with E-state index in [9.17, 15) is 4.79 Å². The van der Waals surface area contributed by atoms with E-state index in [1.54, 1.807) is 18.5 Å². The SMILES string of the molecule is O=C1NN(CC2CCCCC2)C(c2ccncc2)C1c1ccc(Cl)c(Cl)c1. The smallest absolute Gasteiger partial charge is 0.243 e. The Morgan fingerprint density at radius 3 is 2.44 bits per heavy atom. The van der Waals surface area contributed by atoms with Crippen molar-refractivity contribution < 1.29 is 4.79 Å². The Morgan fingerprint density at radius 1 is 1.00 bits per heavy atom. The number of aromatic nitrogens is 1. The third-order valence-electron chi connectivity index (χ3n) is 5.72. The third-order valence-corrected chi connectivity index (χ3v) is 6.46. The molecule has 0 bridgehead atoms. The molecule has 2 heterocycles. The Hall–Kier alpha value is -1.62. The molecule has 2 unspecified atom stereocenters. The van der Waals surface area contributed by atoms with Crippen molar-refractivity contribution in [1.29, 1.82) is 0 Å². The second-order valence-electron chi connectivity index (χ2n) is 7.51. The predicted octanol–water partition coefficient (Wildman–Crippen LogP) is 5.14. The number of carbonyl (C=O) groups excluding carboxylic acids is 1. The molecule has 1 amide bonds. The van der Waals surface area contributed by atoms with Crippen LogP contribution in [0.4, 0.5) is 0 Å². The van der Waals surface area contributed by atoms with Gasteiger partial charge in [-0.1, -0.05) is 48.5 Å². The monoisotopic (exact) mass is 403 g/mol. The molecule has 1 aliphatic heterocycles. The Labute approximate surface area is 169 Å². The minimum absolute atomic E-state index is 0.00557. The first kappa shape index (κ1) is 18.7. The van der Waals surface area contributed by atoms with E-state index in [0.717, 1.165) is 17.7 Å². The molecule has 4 rings (SSSR count). The molecule has 2 atom stereocenters. The van der Waals surface area contributed by atoms with Gasteiger partial charge < -0.3 is 0 Å². The van der Waals surface area contributed by atoms with E-state index in [0.29, 0.717) is 16.0 Å². The molecule has 142 valence electrons. The number of hydrogen-bond acceptors (Lipinski definition) is 3. The first-order valence-corrected chi connectivity index (χ1v) is 10.3. The van der Waals surface area contributed by atoms with Gasteiger partial charge in [0, 0.05) is 18.9 Å². The van der Waals surface area contributed by atoms with Gasteiger partial charge in [0.25, 0.3) is 0 Å². The van der Waals surface area contributed by atoms with E-state index in [4.69, 9.17) is 23.2 Å². The molecule has 1 aromatic heterocycles. The minimum atomic E-state index is -0.328. The Kier molecular flexibility index (Phi) is 5.67. The zero-order valence-electron chi connectivity index (χ0n) is 15.1. The van der Waals surface area contributed by atoms with Crippen LogP contribution in [-0.2, 0) is 4.79 Å². The minimum Gasteiger partial charge on any atom is -0.288 e. The predicted molar refractivity (Wildman–Crippen MR) is 108 cm³/mol. The summed E-state index contributed by atoms with van der Waals surface area (Å²) >= 11 is 12.3. The number of pyridine rings is 1. The summed E-state index contributed by atoms with van der Waals surface area (Å²) in [5, 5.41) is 3.10. The van der Waals surface area contributed by atoms with Crippen LogP contribution in [-0.4, -0.2) is 22.4 Å². The molecule has 1 saturated heterocycles. The topological polar surface area (TPSA) is 45.2 Å². The van der Waals surface area contributed by atoms with Crippen LogP contribution in [0.1, 0.15) is 55.2 Å². The molecule has 1 N–H and O–H groups in total. The Morgan fingerprint density at radius 2 is 1.74 bits per heavy atom. The summed E-state index contributed by atoms with van der Waals surface area (Å²) in [5.41, 5.74) is 5.09. The van der Waals surface area contributed by atoms with Crippen molar-refractivity contribution in [2.24, 2.45) is 5.92 Å². The van der Waals surface area contributed by atoms with Gasteiger partial charge in [-0.25, -0.2) is 5.01 Å². The lowest BCUT2D eigenvalue weighted by Gasteiger charge is -2.31. The molecule has 4 nitrogen and oxygen atoms in total. The van der Waals surface area contributed by atoms with Crippen molar-refractivity contribution in [3.05, 3.63) is 63.9 Å². The van der Waals surface area contributed by atoms with Crippen LogP contribution in [0, 0.1) is 5.92 Å². The van der Waals surface area contributed by atoms with Gasteiger partial charge in [0.2, 0.25) is 5.91 Å². The summed E-state index contributed by atoms with van der Waals surface area (Å²) in [5.74, 6) is 0.299. The number of hydrazine groups is 1. The standard InChI is InChI=1S/C21H23Cl2N3O/c22-17-7-6-16(12-18(17)23)19-20(15-8-10-24-11-9-15)26(25-21(19)27)13-14-4-2-1-3-5-14/h6-12,14,19-20H,1-5,13H2,(H,25,27). The van der Waals surface area contributed by atoms with Gasteiger partial charge in [0.15, 0.2) is 0 Å². The molecule has 2 aliphatic rings. The zero-order valence-corrected chi connectivity index (χ0v) is 16.6. The highest BCUT2D eigenvalue weighted by Gasteiger charge is 2.43. The van der Waals surface area contributed by atoms with Crippen molar-refractivity contribution >= 4 is 29.1 Å². The zero-order chi connectivity index (χ0) is 18.8. The van der Waals surface area contributed by atoms with E-state index in [2.05, 4.69) is 15.4 Å². The summed E-state index contributed by atoms with van der Waals surface area (Å²) < 4.78 is 0. The van der Waals surface area contributed by atoms with Crippen molar-refractivity contribution in [2.45, 2.75) is 44.1 Å². The van der Waals surface area contributed by atoms with Crippen LogP contribution in [0.5, 0.6) is 0 Å². The Bertz CT molecular complexity index is 808. The van der Waals surface area contributed by atoms with E-state index in [1.165, 1.54) is 32.1 Å². The van der Waals surface area contributed by atoms with Crippen molar-refractivity contribution in [2.75, 3.05) is 6.54 Å². The molecule has 1 aromatic carbocycles. The first-order valence-electron chi connectivity index (χ1n) is 9.55. The number of nitrogens with one attached hydrogen (secondary N) is 1. The number of hydrogen-bond donors (Lipinski definition) is 1. The van der Waals surface area contributed by atoms with Crippen molar-refractivity contribution in [3.63, 3.8) is 0 Å². The van der Waals surface area contributed by atoms with Crippen LogP contribution >= 0.6 is 23.2 Å². The van der Waals surface area contributed by atoms with Crippen molar-refractivity contribution in [1.82, 2.24) is 15.4 Å². The largest absolute Gasteiger partial charge is 0.288 e. The number of halogens is 2. The molecule has 0 spiro atoms. The summed E-state index contributed by atoms with van der Waals surface area (Å²) in [6.07, 6.45) is 9.90. The number of nitrogens with zero attached hydrogens (tertiary/aromatic N) is 2. The summed E-state index contributed by atoms with van der Waals surface area (Å²) in [7, 11) is 0. The highest BCUT2D eigenvalue weighted by atomic mass is 35.5. The van der Waals surface area contributed by atoms with Gasteiger partial charge in [-0.15, -0.1) is 0 Å². The maximum Gasteiger partial charge on any atom is 0.243 e. The fourth-order valence-corrected chi connectivity index (χ4v) is 4.69. The van der Waals surface area contributed by atoms with E-state index >= 15 is 0 Å². The van der Waals surface area contributed by atoms with Gasteiger partial charge in [0.05, 0.1) is 22.0 Å². The molecule has 0 radical (unpaired) electrons. The van der Waals surface area contributed by atoms with Gasteiger partial charge in [0.1, 0.15) is 0 Å². The number of carbonyl (C=O) groups is 1. The fourth-order valence-electron chi connectivity index (χ4n) is 4.38. The van der Waals surface area contributed by atoms with E-state index < -0.39 is 0 Å². The van der Waals surface area contributed by atoms with Crippen LogP contribution in [0.2, 0.25) is 10.0 Å². The molecular formula is C21H23Cl2N3O.